The molecule has 1 N–H and O–H groups in total. The van der Waals surface area contributed by atoms with Crippen molar-refractivity contribution in [3.05, 3.63) is 54.2 Å². The van der Waals surface area contributed by atoms with Crippen LogP contribution in [-0.2, 0) is 6.42 Å². The summed E-state index contributed by atoms with van der Waals surface area (Å²) < 4.78 is 0. The number of anilines is 2. The number of benzene rings is 1. The Morgan fingerprint density at radius 2 is 2.00 bits per heavy atom. The summed E-state index contributed by atoms with van der Waals surface area (Å²) in [5, 5.41) is 3.00. The molecule has 3 rings (SSSR count). The lowest BCUT2D eigenvalue weighted by atomic mass is 10.1. The quantitative estimate of drug-likeness (QED) is 0.945. The lowest BCUT2D eigenvalue weighted by Gasteiger charge is -2.34. The molecule has 0 unspecified atom stereocenters. The molecule has 0 saturated heterocycles. The third kappa shape index (κ3) is 3.03. The smallest absolute Gasteiger partial charge is 0.322 e. The summed E-state index contributed by atoms with van der Waals surface area (Å²) in [4.78, 5) is 20.6. The number of carbonyl (C=O) groups excluding carboxylic acids is 1. The first-order valence-corrected chi connectivity index (χ1v) is 7.51. The van der Waals surface area contributed by atoms with Crippen LogP contribution in [0.5, 0.6) is 0 Å². The second kappa shape index (κ2) is 6.47. The Kier molecular flexibility index (Phi) is 4.23. The molecule has 0 saturated carbocycles. The maximum atomic E-state index is 12.4. The first-order chi connectivity index (χ1) is 10.8. The van der Waals surface area contributed by atoms with Gasteiger partial charge in [-0.3, -0.25) is 4.90 Å². The summed E-state index contributed by atoms with van der Waals surface area (Å²) in [5.41, 5.74) is 2.09. The van der Waals surface area contributed by atoms with E-state index in [1.165, 1.54) is 5.56 Å². The number of nitrogens with one attached hydrogen (secondary N) is 1. The molecule has 1 aliphatic rings. The Morgan fingerprint density at radius 3 is 2.82 bits per heavy atom. The largest absolute Gasteiger partial charge is 0.356 e. The molecule has 0 aliphatic carbocycles. The van der Waals surface area contributed by atoms with E-state index >= 15 is 0 Å². The van der Waals surface area contributed by atoms with Crippen LogP contribution in [0, 0.1) is 0 Å². The highest BCUT2D eigenvalue weighted by atomic mass is 16.2. The fourth-order valence-electron chi connectivity index (χ4n) is 2.63. The van der Waals surface area contributed by atoms with Crippen LogP contribution in [0.15, 0.2) is 48.7 Å². The summed E-state index contributed by atoms with van der Waals surface area (Å²) in [5.74, 6) is 0.854. The number of urea groups is 1. The third-order valence-corrected chi connectivity index (χ3v) is 3.86. The molecule has 0 atom stereocenters. The van der Waals surface area contributed by atoms with E-state index in [-0.39, 0.29) is 6.03 Å². The van der Waals surface area contributed by atoms with Crippen molar-refractivity contribution in [2.24, 2.45) is 0 Å². The predicted molar refractivity (Wildman–Crippen MR) is 88.4 cm³/mol. The van der Waals surface area contributed by atoms with Gasteiger partial charge in [-0.1, -0.05) is 30.3 Å². The Balaban J connectivity index is 1.62. The van der Waals surface area contributed by atoms with Gasteiger partial charge in [-0.05, 0) is 24.1 Å². The van der Waals surface area contributed by atoms with Crippen LogP contribution >= 0.6 is 0 Å². The molecule has 1 aromatic carbocycles. The summed E-state index contributed by atoms with van der Waals surface area (Å²) in [6, 6.07) is 13.9. The van der Waals surface area contributed by atoms with Crippen LogP contribution in [0.4, 0.5) is 16.3 Å². The number of likely N-dealkylation sites (N-methyl/N-ethyl adjacent to an activating group) is 1. The first kappa shape index (κ1) is 14.4. The zero-order chi connectivity index (χ0) is 15.4. The van der Waals surface area contributed by atoms with Gasteiger partial charge in [0.05, 0.1) is 5.69 Å². The van der Waals surface area contributed by atoms with E-state index < -0.39 is 0 Å². The van der Waals surface area contributed by atoms with Crippen molar-refractivity contribution in [3.8, 4) is 0 Å². The SMILES string of the molecule is CN1CCN(C(=O)NCCc2ccccc2)c2cccnc21. The molecule has 0 spiro atoms. The van der Waals surface area contributed by atoms with Gasteiger partial charge in [-0.25, -0.2) is 9.78 Å². The van der Waals surface area contributed by atoms with Crippen molar-refractivity contribution in [2.75, 3.05) is 36.5 Å². The Bertz CT molecular complexity index is 644. The lowest BCUT2D eigenvalue weighted by molar-refractivity contribution is 0.246. The molecule has 2 aromatic rings. The van der Waals surface area contributed by atoms with Gasteiger partial charge in [-0.15, -0.1) is 0 Å². The maximum absolute atomic E-state index is 12.4. The van der Waals surface area contributed by atoms with Crippen LogP contribution in [0.1, 0.15) is 5.56 Å². The minimum Gasteiger partial charge on any atom is -0.356 e. The Hall–Kier alpha value is -2.56. The van der Waals surface area contributed by atoms with Crippen LogP contribution in [0.2, 0.25) is 0 Å². The number of pyridine rings is 1. The van der Waals surface area contributed by atoms with Crippen molar-refractivity contribution in [1.29, 1.82) is 0 Å². The van der Waals surface area contributed by atoms with Crippen molar-refractivity contribution >= 4 is 17.5 Å². The first-order valence-electron chi connectivity index (χ1n) is 7.51. The van der Waals surface area contributed by atoms with Crippen LogP contribution in [0.25, 0.3) is 0 Å². The van der Waals surface area contributed by atoms with Gasteiger partial charge in [0.2, 0.25) is 0 Å². The zero-order valence-electron chi connectivity index (χ0n) is 12.7. The van der Waals surface area contributed by atoms with Crippen molar-refractivity contribution in [3.63, 3.8) is 0 Å². The van der Waals surface area contributed by atoms with Gasteiger partial charge in [0.15, 0.2) is 5.82 Å². The molecule has 1 aliphatic heterocycles. The number of rotatable bonds is 3. The molecule has 0 bridgehead atoms. The van der Waals surface area contributed by atoms with E-state index in [0.29, 0.717) is 13.1 Å². The van der Waals surface area contributed by atoms with Gasteiger partial charge in [0.25, 0.3) is 0 Å². The molecule has 1 aromatic heterocycles. The normalized spacial score (nSPS) is 13.7. The molecule has 2 amide bonds. The summed E-state index contributed by atoms with van der Waals surface area (Å²) in [6.07, 6.45) is 2.59. The van der Waals surface area contributed by atoms with Crippen molar-refractivity contribution in [2.45, 2.75) is 6.42 Å². The highest BCUT2D eigenvalue weighted by Crippen LogP contribution is 2.29. The van der Waals surface area contributed by atoms with E-state index in [4.69, 9.17) is 0 Å². The van der Waals surface area contributed by atoms with E-state index in [1.807, 2.05) is 37.4 Å². The van der Waals surface area contributed by atoms with E-state index in [1.54, 1.807) is 11.1 Å². The summed E-state index contributed by atoms with van der Waals surface area (Å²) in [6.45, 7) is 2.09. The number of fused-ring (bicyclic) bond motifs is 1. The number of nitrogens with zero attached hydrogens (tertiary/aromatic N) is 3. The number of hydrogen-bond acceptors (Lipinski definition) is 3. The predicted octanol–water partition coefficient (Wildman–Crippen LogP) is 2.29. The number of amides is 2. The third-order valence-electron chi connectivity index (χ3n) is 3.86. The monoisotopic (exact) mass is 296 g/mol. The van der Waals surface area contributed by atoms with E-state index in [0.717, 1.165) is 24.5 Å². The van der Waals surface area contributed by atoms with Crippen LogP contribution in [0.3, 0.4) is 0 Å². The molecule has 0 fully saturated rings. The van der Waals surface area contributed by atoms with Crippen LogP contribution < -0.4 is 15.1 Å². The zero-order valence-corrected chi connectivity index (χ0v) is 12.7. The average molecular weight is 296 g/mol. The minimum atomic E-state index is -0.0571. The number of hydrogen-bond donors (Lipinski definition) is 1. The lowest BCUT2D eigenvalue weighted by Crippen LogP contribution is -2.48. The summed E-state index contributed by atoms with van der Waals surface area (Å²) >= 11 is 0. The average Bonchev–Trinajstić information content (AvgIpc) is 2.56. The van der Waals surface area contributed by atoms with Gasteiger partial charge in [-0.2, -0.15) is 0 Å². The molecule has 2 heterocycles. The number of carbonyl (C=O) groups is 1. The highest BCUT2D eigenvalue weighted by molar-refractivity contribution is 5.95. The molecule has 0 radical (unpaired) electrons. The molecule has 5 nitrogen and oxygen atoms in total. The molecule has 5 heteroatoms. The molecule has 22 heavy (non-hydrogen) atoms. The van der Waals surface area contributed by atoms with Crippen molar-refractivity contribution < 1.29 is 4.79 Å². The minimum absolute atomic E-state index is 0.0571. The standard InChI is InChI=1S/C17H20N4O/c1-20-12-13-21(15-8-5-10-18-16(15)20)17(22)19-11-9-14-6-3-2-4-7-14/h2-8,10H,9,11-13H2,1H3,(H,19,22). The van der Waals surface area contributed by atoms with Gasteiger partial charge >= 0.3 is 6.03 Å². The molecular formula is C17H20N4O. The second-order valence-electron chi connectivity index (χ2n) is 5.39. The number of aromatic nitrogens is 1. The maximum Gasteiger partial charge on any atom is 0.322 e. The molecular weight excluding hydrogens is 276 g/mol. The highest BCUT2D eigenvalue weighted by Gasteiger charge is 2.25. The van der Waals surface area contributed by atoms with Gasteiger partial charge in [0.1, 0.15) is 0 Å². The van der Waals surface area contributed by atoms with E-state index in [2.05, 4.69) is 27.3 Å². The fraction of sp³-hybridized carbons (Fsp3) is 0.294. The van der Waals surface area contributed by atoms with Crippen LogP contribution in [-0.4, -0.2) is 37.7 Å². The molecule has 114 valence electrons. The topological polar surface area (TPSA) is 48.5 Å². The summed E-state index contributed by atoms with van der Waals surface area (Å²) in [7, 11) is 2.00. The van der Waals surface area contributed by atoms with E-state index in [9.17, 15) is 4.79 Å². The second-order valence-corrected chi connectivity index (χ2v) is 5.39. The fourth-order valence-corrected chi connectivity index (χ4v) is 2.63. The van der Waals surface area contributed by atoms with Gasteiger partial charge in [0, 0.05) is 32.9 Å². The Morgan fingerprint density at radius 1 is 1.18 bits per heavy atom. The Labute approximate surface area is 130 Å². The van der Waals surface area contributed by atoms with Gasteiger partial charge < -0.3 is 10.2 Å². The van der Waals surface area contributed by atoms with Crippen molar-refractivity contribution in [1.82, 2.24) is 10.3 Å².